The molecule has 0 fully saturated rings. The number of carbonyl (C=O) groups is 2. The highest BCUT2D eigenvalue weighted by atomic mass is 16.6. The Hall–Kier alpha value is -1.84. The third-order valence-corrected chi connectivity index (χ3v) is 3.52. The topological polar surface area (TPSA) is 46.6 Å². The van der Waals surface area contributed by atoms with Crippen molar-refractivity contribution in [3.63, 3.8) is 0 Å². The van der Waals surface area contributed by atoms with Crippen LogP contribution in [-0.4, -0.2) is 29.4 Å². The van der Waals surface area contributed by atoms with E-state index in [4.69, 9.17) is 4.74 Å². The first-order valence-electron chi connectivity index (χ1n) is 6.90. The molecule has 1 aliphatic rings. The Morgan fingerprint density at radius 3 is 2.70 bits per heavy atom. The zero-order valence-electron chi connectivity index (χ0n) is 12.5. The number of benzene rings is 1. The molecule has 0 saturated carbocycles. The van der Waals surface area contributed by atoms with Gasteiger partial charge < -0.3 is 9.64 Å². The van der Waals surface area contributed by atoms with Crippen molar-refractivity contribution in [3.8, 4) is 0 Å². The number of fused-ring (bicyclic) bond motifs is 1. The third-order valence-electron chi connectivity index (χ3n) is 3.52. The highest BCUT2D eigenvalue weighted by Crippen LogP contribution is 2.31. The van der Waals surface area contributed by atoms with Crippen LogP contribution in [0.4, 0.5) is 4.79 Å². The van der Waals surface area contributed by atoms with E-state index in [0.29, 0.717) is 13.0 Å². The molecule has 4 heteroatoms. The Morgan fingerprint density at radius 2 is 2.10 bits per heavy atom. The van der Waals surface area contributed by atoms with E-state index in [1.54, 1.807) is 4.90 Å². The zero-order chi connectivity index (χ0) is 14.9. The van der Waals surface area contributed by atoms with Crippen LogP contribution in [0.3, 0.4) is 0 Å². The monoisotopic (exact) mass is 275 g/mol. The minimum absolute atomic E-state index is 0.0755. The molecule has 0 spiro atoms. The summed E-state index contributed by atoms with van der Waals surface area (Å²) in [5, 5.41) is 0. The molecule has 2 rings (SSSR count). The normalized spacial score (nSPS) is 18.4. The smallest absolute Gasteiger partial charge is 0.410 e. The van der Waals surface area contributed by atoms with Gasteiger partial charge in [-0.15, -0.1) is 0 Å². The Bertz CT molecular complexity index is 531. The lowest BCUT2D eigenvalue weighted by Gasteiger charge is -2.36. The second kappa shape index (κ2) is 5.27. The Balaban J connectivity index is 2.26. The molecule has 4 nitrogen and oxygen atoms in total. The van der Waals surface area contributed by atoms with Crippen molar-refractivity contribution >= 4 is 12.4 Å². The summed E-state index contributed by atoms with van der Waals surface area (Å²) in [4.78, 5) is 25.0. The zero-order valence-corrected chi connectivity index (χ0v) is 12.5. The van der Waals surface area contributed by atoms with Crippen LogP contribution in [0.5, 0.6) is 0 Å². The van der Waals surface area contributed by atoms with Gasteiger partial charge in [0, 0.05) is 12.1 Å². The van der Waals surface area contributed by atoms with Gasteiger partial charge in [0.1, 0.15) is 11.9 Å². The van der Waals surface area contributed by atoms with Gasteiger partial charge in [0.25, 0.3) is 0 Å². The quantitative estimate of drug-likeness (QED) is 0.738. The molecule has 0 aliphatic carbocycles. The summed E-state index contributed by atoms with van der Waals surface area (Å²) in [6.45, 7) is 8.12. The fourth-order valence-electron chi connectivity index (χ4n) is 2.58. The molecule has 1 amide bonds. The Labute approximate surface area is 119 Å². The van der Waals surface area contributed by atoms with E-state index in [1.807, 2.05) is 45.9 Å². The van der Waals surface area contributed by atoms with Crippen molar-refractivity contribution in [2.24, 2.45) is 0 Å². The first-order valence-corrected chi connectivity index (χ1v) is 6.90. The maximum Gasteiger partial charge on any atom is 0.410 e. The minimum atomic E-state index is -0.498. The number of amides is 1. The van der Waals surface area contributed by atoms with E-state index in [9.17, 15) is 9.59 Å². The van der Waals surface area contributed by atoms with Crippen molar-refractivity contribution in [1.29, 1.82) is 0 Å². The van der Waals surface area contributed by atoms with E-state index in [2.05, 4.69) is 0 Å². The molecule has 20 heavy (non-hydrogen) atoms. The predicted molar refractivity (Wildman–Crippen MR) is 76.9 cm³/mol. The Morgan fingerprint density at radius 1 is 1.40 bits per heavy atom. The summed E-state index contributed by atoms with van der Waals surface area (Å²) in [6, 6.07) is 5.58. The van der Waals surface area contributed by atoms with Gasteiger partial charge >= 0.3 is 6.09 Å². The van der Waals surface area contributed by atoms with Crippen LogP contribution < -0.4 is 0 Å². The van der Waals surface area contributed by atoms with E-state index < -0.39 is 5.60 Å². The summed E-state index contributed by atoms with van der Waals surface area (Å²) in [6.07, 6.45) is 1.27. The first kappa shape index (κ1) is 14.6. The maximum atomic E-state index is 12.2. The van der Waals surface area contributed by atoms with Gasteiger partial charge in [-0.1, -0.05) is 18.2 Å². The fraction of sp³-hybridized carbons (Fsp3) is 0.500. The minimum Gasteiger partial charge on any atom is -0.444 e. The number of hydrogen-bond acceptors (Lipinski definition) is 3. The summed E-state index contributed by atoms with van der Waals surface area (Å²) < 4.78 is 5.44. The SMILES string of the molecule is C[C@@H]1c2cccc(C=O)c2CCN1C(=O)OC(C)(C)C. The number of ether oxygens (including phenoxy) is 1. The van der Waals surface area contributed by atoms with Gasteiger partial charge in [0.2, 0.25) is 0 Å². The van der Waals surface area contributed by atoms with Crippen molar-refractivity contribution in [3.05, 3.63) is 34.9 Å². The lowest BCUT2D eigenvalue weighted by Crippen LogP contribution is -2.42. The van der Waals surface area contributed by atoms with E-state index >= 15 is 0 Å². The lowest BCUT2D eigenvalue weighted by atomic mass is 9.90. The van der Waals surface area contributed by atoms with Crippen molar-refractivity contribution in [2.45, 2.75) is 45.8 Å². The van der Waals surface area contributed by atoms with E-state index in [0.717, 1.165) is 23.0 Å². The van der Waals surface area contributed by atoms with Crippen molar-refractivity contribution < 1.29 is 14.3 Å². The average molecular weight is 275 g/mol. The molecule has 0 aromatic heterocycles. The number of rotatable bonds is 1. The van der Waals surface area contributed by atoms with Crippen LogP contribution in [0, 0.1) is 0 Å². The molecule has 0 unspecified atom stereocenters. The molecule has 108 valence electrons. The number of carbonyl (C=O) groups excluding carboxylic acids is 2. The van der Waals surface area contributed by atoms with E-state index in [-0.39, 0.29) is 12.1 Å². The molecule has 0 bridgehead atoms. The van der Waals surface area contributed by atoms with E-state index in [1.165, 1.54) is 0 Å². The fourth-order valence-corrected chi connectivity index (χ4v) is 2.58. The maximum absolute atomic E-state index is 12.2. The number of hydrogen-bond donors (Lipinski definition) is 0. The molecule has 1 aromatic carbocycles. The summed E-state index contributed by atoms with van der Waals surface area (Å²) >= 11 is 0. The molecular formula is C16H21NO3. The third kappa shape index (κ3) is 2.84. The van der Waals surface area contributed by atoms with Gasteiger partial charge in [-0.05, 0) is 45.2 Å². The van der Waals surface area contributed by atoms with Gasteiger partial charge in [-0.3, -0.25) is 4.79 Å². The molecule has 0 radical (unpaired) electrons. The van der Waals surface area contributed by atoms with Crippen LogP contribution in [0.1, 0.15) is 55.2 Å². The second-order valence-electron chi connectivity index (χ2n) is 6.13. The molecule has 1 aromatic rings. The molecule has 0 saturated heterocycles. The standard InChI is InChI=1S/C16H21NO3/c1-11-13-7-5-6-12(10-18)14(13)8-9-17(11)15(19)20-16(2,3)4/h5-7,10-11H,8-9H2,1-4H3/t11-/m1/s1. The van der Waals surface area contributed by atoms with Crippen molar-refractivity contribution in [2.75, 3.05) is 6.54 Å². The van der Waals surface area contributed by atoms with Crippen LogP contribution in [0.15, 0.2) is 18.2 Å². The van der Waals surface area contributed by atoms with Gasteiger partial charge in [0.05, 0.1) is 6.04 Å². The van der Waals surface area contributed by atoms with Crippen LogP contribution in [-0.2, 0) is 11.2 Å². The highest BCUT2D eigenvalue weighted by Gasteiger charge is 2.31. The largest absolute Gasteiger partial charge is 0.444 e. The first-order chi connectivity index (χ1) is 9.33. The van der Waals surface area contributed by atoms with Crippen molar-refractivity contribution in [1.82, 2.24) is 4.90 Å². The second-order valence-corrected chi connectivity index (χ2v) is 6.13. The molecular weight excluding hydrogens is 254 g/mol. The summed E-state index contributed by atoms with van der Waals surface area (Å²) in [7, 11) is 0. The molecule has 0 N–H and O–H groups in total. The van der Waals surface area contributed by atoms with Crippen LogP contribution in [0.2, 0.25) is 0 Å². The Kier molecular flexibility index (Phi) is 3.84. The summed E-state index contributed by atoms with van der Waals surface area (Å²) in [5.74, 6) is 0. The molecule has 1 aliphatic heterocycles. The van der Waals surface area contributed by atoms with Gasteiger partial charge in [-0.25, -0.2) is 4.79 Å². The molecule has 1 heterocycles. The highest BCUT2D eigenvalue weighted by molar-refractivity contribution is 5.79. The average Bonchev–Trinajstić information content (AvgIpc) is 2.36. The van der Waals surface area contributed by atoms with Crippen LogP contribution in [0.25, 0.3) is 0 Å². The number of nitrogens with zero attached hydrogens (tertiary/aromatic N) is 1. The number of aldehydes is 1. The molecule has 1 atom stereocenters. The van der Waals surface area contributed by atoms with Gasteiger partial charge in [-0.2, -0.15) is 0 Å². The van der Waals surface area contributed by atoms with Crippen LogP contribution >= 0.6 is 0 Å². The van der Waals surface area contributed by atoms with Gasteiger partial charge in [0.15, 0.2) is 0 Å². The lowest BCUT2D eigenvalue weighted by molar-refractivity contribution is 0.0159. The predicted octanol–water partition coefficient (Wildman–Crippen LogP) is 3.35. The summed E-state index contributed by atoms with van der Waals surface area (Å²) in [5.41, 5.74) is 2.31.